The van der Waals surface area contributed by atoms with Gasteiger partial charge in [-0.15, -0.1) is 0 Å². The quantitative estimate of drug-likeness (QED) is 0.694. The largest absolute Gasteiger partial charge is 0.494 e. The van der Waals surface area contributed by atoms with E-state index in [1.165, 1.54) is 16.7 Å². The number of aliphatic imine (C=N–C) groups is 1. The van der Waals surface area contributed by atoms with Gasteiger partial charge in [0.2, 0.25) is 0 Å². The minimum atomic E-state index is 0.796. The Morgan fingerprint density at radius 1 is 1.09 bits per heavy atom. The van der Waals surface area contributed by atoms with Gasteiger partial charge >= 0.3 is 0 Å². The van der Waals surface area contributed by atoms with E-state index >= 15 is 0 Å². The molecule has 0 fully saturated rings. The number of allylic oxidation sites excluding steroid dienone is 1. The predicted molar refractivity (Wildman–Crippen MR) is 97.4 cm³/mol. The maximum Gasteiger partial charge on any atom is 0.119 e. The van der Waals surface area contributed by atoms with Crippen LogP contribution in [0.4, 0.5) is 0 Å². The van der Waals surface area contributed by atoms with E-state index in [-0.39, 0.29) is 0 Å². The highest BCUT2D eigenvalue weighted by atomic mass is 16.5. The third-order valence-electron chi connectivity index (χ3n) is 4.02. The molecule has 0 aromatic heterocycles. The van der Waals surface area contributed by atoms with Crippen molar-refractivity contribution >= 4 is 11.8 Å². The van der Waals surface area contributed by atoms with Crippen molar-refractivity contribution in [1.82, 2.24) is 0 Å². The highest BCUT2D eigenvalue weighted by Gasteiger charge is 2.13. The first-order valence-electron chi connectivity index (χ1n) is 8.40. The summed E-state index contributed by atoms with van der Waals surface area (Å²) in [4.78, 5) is 4.68. The van der Waals surface area contributed by atoms with Crippen molar-refractivity contribution in [2.24, 2.45) is 4.99 Å². The van der Waals surface area contributed by atoms with Gasteiger partial charge in [-0.3, -0.25) is 4.99 Å². The Morgan fingerprint density at radius 2 is 1.96 bits per heavy atom. The van der Waals surface area contributed by atoms with Crippen molar-refractivity contribution < 1.29 is 4.74 Å². The molecular weight excluding hydrogens is 282 g/mol. The van der Waals surface area contributed by atoms with Gasteiger partial charge in [-0.2, -0.15) is 0 Å². The highest BCUT2D eigenvalue weighted by molar-refractivity contribution is 6.12. The van der Waals surface area contributed by atoms with Crippen molar-refractivity contribution in [2.45, 2.75) is 26.2 Å². The molecule has 0 saturated carbocycles. The number of unbranched alkanes of at least 4 members (excludes halogenated alkanes) is 1. The van der Waals surface area contributed by atoms with Gasteiger partial charge in [-0.05, 0) is 48.2 Å². The number of hydrogen-bond donors (Lipinski definition) is 0. The molecule has 1 aliphatic rings. The third kappa shape index (κ3) is 4.10. The van der Waals surface area contributed by atoms with E-state index in [9.17, 15) is 0 Å². The fourth-order valence-corrected chi connectivity index (χ4v) is 2.71. The molecule has 0 bridgehead atoms. The smallest absolute Gasteiger partial charge is 0.119 e. The molecule has 0 saturated heterocycles. The fourth-order valence-electron chi connectivity index (χ4n) is 2.71. The Kier molecular flexibility index (Phi) is 5.25. The molecule has 118 valence electrons. The van der Waals surface area contributed by atoms with Crippen molar-refractivity contribution in [3.63, 3.8) is 0 Å². The average molecular weight is 305 g/mol. The molecule has 0 aliphatic carbocycles. The average Bonchev–Trinajstić information content (AvgIpc) is 2.61. The van der Waals surface area contributed by atoms with E-state index in [2.05, 4.69) is 66.5 Å². The Labute approximate surface area is 138 Å². The molecule has 2 aromatic carbocycles. The highest BCUT2D eigenvalue weighted by Crippen LogP contribution is 2.23. The Bertz CT molecular complexity index is 701. The van der Waals surface area contributed by atoms with Crippen molar-refractivity contribution in [3.05, 3.63) is 71.3 Å². The van der Waals surface area contributed by atoms with E-state index in [1.54, 1.807) is 0 Å². The van der Waals surface area contributed by atoms with Crippen LogP contribution in [0, 0.1) is 0 Å². The third-order valence-corrected chi connectivity index (χ3v) is 4.02. The fraction of sp³-hybridized carbons (Fsp3) is 0.286. The zero-order valence-corrected chi connectivity index (χ0v) is 13.7. The first-order valence-corrected chi connectivity index (χ1v) is 8.40. The molecule has 0 amide bonds. The lowest BCUT2D eigenvalue weighted by Gasteiger charge is -2.16. The van der Waals surface area contributed by atoms with Crippen molar-refractivity contribution in [1.29, 1.82) is 0 Å². The van der Waals surface area contributed by atoms with Gasteiger partial charge in [0.25, 0.3) is 0 Å². The molecule has 3 rings (SSSR count). The SMILES string of the molecule is CCCCOc1ccc2c(c1)CCN=C2C=Cc1ccccc1. The van der Waals surface area contributed by atoms with Crippen LogP contribution in [0.5, 0.6) is 5.75 Å². The predicted octanol–water partition coefficient (Wildman–Crippen LogP) is 4.92. The molecular formula is C21H23NO. The van der Waals surface area contributed by atoms with Gasteiger partial charge in [0.1, 0.15) is 5.75 Å². The first-order chi connectivity index (χ1) is 11.4. The second kappa shape index (κ2) is 7.77. The van der Waals surface area contributed by atoms with E-state index < -0.39 is 0 Å². The van der Waals surface area contributed by atoms with Crippen LogP contribution in [0.15, 0.2) is 59.6 Å². The number of hydrogen-bond acceptors (Lipinski definition) is 2. The minimum Gasteiger partial charge on any atom is -0.494 e. The number of ether oxygens (including phenoxy) is 1. The van der Waals surface area contributed by atoms with Gasteiger partial charge in [-0.25, -0.2) is 0 Å². The molecule has 23 heavy (non-hydrogen) atoms. The lowest BCUT2D eigenvalue weighted by molar-refractivity contribution is 0.309. The summed E-state index contributed by atoms with van der Waals surface area (Å²) in [6.45, 7) is 3.82. The Hall–Kier alpha value is -2.35. The number of fused-ring (bicyclic) bond motifs is 1. The van der Waals surface area contributed by atoms with Crippen LogP contribution in [0.1, 0.15) is 36.5 Å². The van der Waals surface area contributed by atoms with Crippen LogP contribution in [0.25, 0.3) is 6.08 Å². The molecule has 1 heterocycles. The van der Waals surface area contributed by atoms with Gasteiger partial charge < -0.3 is 4.74 Å². The Balaban J connectivity index is 1.76. The van der Waals surface area contributed by atoms with Crippen LogP contribution in [0.2, 0.25) is 0 Å². The summed E-state index contributed by atoms with van der Waals surface area (Å²) in [5, 5.41) is 0. The van der Waals surface area contributed by atoms with Gasteiger partial charge in [0.05, 0.1) is 12.3 Å². The summed E-state index contributed by atoms with van der Waals surface area (Å²) in [5.74, 6) is 0.977. The molecule has 0 radical (unpaired) electrons. The van der Waals surface area contributed by atoms with Gasteiger partial charge in [-0.1, -0.05) is 49.8 Å². The zero-order chi connectivity index (χ0) is 15.9. The lowest BCUT2D eigenvalue weighted by atomic mass is 9.96. The van der Waals surface area contributed by atoms with Crippen LogP contribution < -0.4 is 4.74 Å². The summed E-state index contributed by atoms with van der Waals surface area (Å²) < 4.78 is 5.82. The lowest BCUT2D eigenvalue weighted by Crippen LogP contribution is -2.11. The molecule has 0 unspecified atom stereocenters. The molecule has 2 aromatic rings. The van der Waals surface area contributed by atoms with Crippen LogP contribution >= 0.6 is 0 Å². The number of nitrogens with zero attached hydrogens (tertiary/aromatic N) is 1. The second-order valence-corrected chi connectivity index (χ2v) is 5.78. The number of benzene rings is 2. The summed E-state index contributed by atoms with van der Waals surface area (Å²) in [7, 11) is 0. The molecule has 0 spiro atoms. The number of rotatable bonds is 6. The van der Waals surface area contributed by atoms with E-state index in [1.807, 2.05) is 6.07 Å². The standard InChI is InChI=1S/C21H23NO/c1-2-3-15-23-19-10-11-20-18(16-19)13-14-22-21(20)12-9-17-7-5-4-6-8-17/h4-12,16H,2-3,13-15H2,1H3. The molecule has 2 nitrogen and oxygen atoms in total. The second-order valence-electron chi connectivity index (χ2n) is 5.78. The first kappa shape index (κ1) is 15.5. The van der Waals surface area contributed by atoms with Crippen LogP contribution in [0.3, 0.4) is 0 Å². The molecule has 2 heteroatoms. The minimum absolute atomic E-state index is 0.796. The summed E-state index contributed by atoms with van der Waals surface area (Å²) in [6.07, 6.45) is 7.49. The van der Waals surface area contributed by atoms with Crippen molar-refractivity contribution in [3.8, 4) is 5.75 Å². The van der Waals surface area contributed by atoms with E-state index in [4.69, 9.17) is 4.74 Å². The summed E-state index contributed by atoms with van der Waals surface area (Å²) >= 11 is 0. The summed E-state index contributed by atoms with van der Waals surface area (Å²) in [6, 6.07) is 16.7. The monoisotopic (exact) mass is 305 g/mol. The van der Waals surface area contributed by atoms with Crippen LogP contribution in [-0.2, 0) is 6.42 Å². The summed E-state index contributed by atoms with van der Waals surface area (Å²) in [5.41, 5.74) is 4.82. The molecule has 0 atom stereocenters. The van der Waals surface area contributed by atoms with Crippen molar-refractivity contribution in [2.75, 3.05) is 13.2 Å². The Morgan fingerprint density at radius 3 is 2.78 bits per heavy atom. The van der Waals surface area contributed by atoms with Crippen LogP contribution in [-0.4, -0.2) is 18.9 Å². The van der Waals surface area contributed by atoms with E-state index in [0.717, 1.165) is 43.9 Å². The van der Waals surface area contributed by atoms with Gasteiger partial charge in [0.15, 0.2) is 0 Å². The maximum absolute atomic E-state index is 5.82. The topological polar surface area (TPSA) is 21.6 Å². The zero-order valence-electron chi connectivity index (χ0n) is 13.7. The molecule has 0 N–H and O–H groups in total. The normalized spacial score (nSPS) is 13.7. The van der Waals surface area contributed by atoms with E-state index in [0.29, 0.717) is 0 Å². The molecule has 1 aliphatic heterocycles. The maximum atomic E-state index is 5.82. The van der Waals surface area contributed by atoms with Gasteiger partial charge in [0, 0.05) is 12.1 Å².